The van der Waals surface area contributed by atoms with Crippen molar-refractivity contribution in [2.45, 2.75) is 38.3 Å². The predicted molar refractivity (Wildman–Crippen MR) is 71.0 cm³/mol. The Hall–Kier alpha value is -0.860. The molecule has 0 bridgehead atoms. The number of ether oxygens (including phenoxy) is 1. The van der Waals surface area contributed by atoms with Crippen LogP contribution in [0.3, 0.4) is 0 Å². The molecule has 0 saturated carbocycles. The van der Waals surface area contributed by atoms with E-state index in [1.165, 1.54) is 24.9 Å². The van der Waals surface area contributed by atoms with E-state index in [1.54, 1.807) is 0 Å². The lowest BCUT2D eigenvalue weighted by atomic mass is 9.90. The van der Waals surface area contributed by atoms with Crippen LogP contribution < -0.4 is 0 Å². The van der Waals surface area contributed by atoms with Crippen LogP contribution in [-0.2, 0) is 11.3 Å². The Labute approximate surface area is 105 Å². The fraction of sp³-hybridized carbons (Fsp3) is 0.600. The lowest BCUT2D eigenvalue weighted by Crippen LogP contribution is -2.48. The Bertz CT molecular complexity index is 332. The molecule has 0 spiro atoms. The van der Waals surface area contributed by atoms with E-state index in [9.17, 15) is 0 Å². The molecule has 0 aliphatic carbocycles. The Kier molecular flexibility index (Phi) is 4.19. The van der Waals surface area contributed by atoms with Crippen molar-refractivity contribution >= 4 is 0 Å². The van der Waals surface area contributed by atoms with Crippen LogP contribution in [0.5, 0.6) is 0 Å². The number of rotatable bonds is 4. The summed E-state index contributed by atoms with van der Waals surface area (Å²) >= 11 is 0. The minimum Gasteiger partial charge on any atom is -0.377 e. The molecule has 1 saturated heterocycles. The topological polar surface area (TPSA) is 12.5 Å². The smallest absolute Gasteiger partial charge is 0.0803 e. The van der Waals surface area contributed by atoms with Crippen LogP contribution in [-0.4, -0.2) is 30.7 Å². The highest BCUT2D eigenvalue weighted by Crippen LogP contribution is 2.28. The van der Waals surface area contributed by atoms with Gasteiger partial charge in [-0.25, -0.2) is 0 Å². The summed E-state index contributed by atoms with van der Waals surface area (Å²) in [6.45, 7) is 5.54. The summed E-state index contributed by atoms with van der Waals surface area (Å²) in [5, 5.41) is 0. The van der Waals surface area contributed by atoms with E-state index in [0.717, 1.165) is 19.5 Å². The van der Waals surface area contributed by atoms with Crippen LogP contribution in [0.1, 0.15) is 31.7 Å². The number of methoxy groups -OCH3 is 1. The maximum atomic E-state index is 5.75. The molecular weight excluding hydrogens is 210 g/mol. The van der Waals surface area contributed by atoms with Gasteiger partial charge in [0.2, 0.25) is 0 Å². The third kappa shape index (κ3) is 3.08. The number of benzene rings is 1. The molecule has 2 rings (SSSR count). The van der Waals surface area contributed by atoms with Gasteiger partial charge in [-0.2, -0.15) is 0 Å². The van der Waals surface area contributed by atoms with Crippen LogP contribution in [0.15, 0.2) is 30.3 Å². The molecule has 1 unspecified atom stereocenters. The second-order valence-electron chi connectivity index (χ2n) is 5.04. The first-order chi connectivity index (χ1) is 8.28. The van der Waals surface area contributed by atoms with Gasteiger partial charge in [0.05, 0.1) is 5.60 Å². The SMILES string of the molecule is CCC1(OC)CCCN(Cc2ccccc2)C1. The fourth-order valence-corrected chi connectivity index (χ4v) is 2.77. The maximum Gasteiger partial charge on any atom is 0.0803 e. The average Bonchev–Trinajstić information content (AvgIpc) is 2.40. The minimum atomic E-state index is 0.0903. The van der Waals surface area contributed by atoms with Gasteiger partial charge in [-0.1, -0.05) is 37.3 Å². The Balaban J connectivity index is 1.98. The summed E-state index contributed by atoms with van der Waals surface area (Å²) in [7, 11) is 1.86. The predicted octanol–water partition coefficient (Wildman–Crippen LogP) is 3.08. The van der Waals surface area contributed by atoms with E-state index in [2.05, 4.69) is 42.2 Å². The third-order valence-electron chi connectivity index (χ3n) is 3.94. The van der Waals surface area contributed by atoms with Gasteiger partial charge in [-0.3, -0.25) is 4.90 Å². The van der Waals surface area contributed by atoms with Crippen LogP contribution >= 0.6 is 0 Å². The summed E-state index contributed by atoms with van der Waals surface area (Å²) < 4.78 is 5.75. The van der Waals surface area contributed by atoms with E-state index in [0.29, 0.717) is 0 Å². The lowest BCUT2D eigenvalue weighted by Gasteiger charge is -2.41. The molecule has 1 aliphatic rings. The van der Waals surface area contributed by atoms with Gasteiger partial charge in [0.1, 0.15) is 0 Å². The molecule has 2 heteroatoms. The largest absolute Gasteiger partial charge is 0.377 e. The molecule has 1 fully saturated rings. The molecule has 17 heavy (non-hydrogen) atoms. The summed E-state index contributed by atoms with van der Waals surface area (Å²) in [5.41, 5.74) is 1.49. The normalized spacial score (nSPS) is 26.0. The summed E-state index contributed by atoms with van der Waals surface area (Å²) in [5.74, 6) is 0. The molecule has 94 valence electrons. The third-order valence-corrected chi connectivity index (χ3v) is 3.94. The highest BCUT2D eigenvalue weighted by Gasteiger charge is 2.33. The van der Waals surface area contributed by atoms with Crippen molar-refractivity contribution in [1.29, 1.82) is 0 Å². The van der Waals surface area contributed by atoms with Crippen LogP contribution in [0, 0.1) is 0 Å². The van der Waals surface area contributed by atoms with Crippen molar-refractivity contribution in [2.24, 2.45) is 0 Å². The Morgan fingerprint density at radius 2 is 2.06 bits per heavy atom. The molecular formula is C15H23NO. The molecule has 0 aromatic heterocycles. The molecule has 0 N–H and O–H groups in total. The second kappa shape index (κ2) is 5.65. The minimum absolute atomic E-state index is 0.0903. The lowest BCUT2D eigenvalue weighted by molar-refractivity contribution is -0.0687. The Morgan fingerprint density at radius 1 is 1.29 bits per heavy atom. The summed E-state index contributed by atoms with van der Waals surface area (Å²) in [6, 6.07) is 10.7. The first kappa shape index (κ1) is 12.6. The first-order valence-corrected chi connectivity index (χ1v) is 6.59. The first-order valence-electron chi connectivity index (χ1n) is 6.59. The number of hydrogen-bond donors (Lipinski definition) is 0. The van der Waals surface area contributed by atoms with Gasteiger partial charge in [-0.15, -0.1) is 0 Å². The molecule has 1 aromatic rings. The zero-order chi connectivity index (χ0) is 12.1. The molecule has 1 atom stereocenters. The van der Waals surface area contributed by atoms with E-state index in [-0.39, 0.29) is 5.60 Å². The van der Waals surface area contributed by atoms with Crippen molar-refractivity contribution in [3.8, 4) is 0 Å². The molecule has 1 heterocycles. The van der Waals surface area contributed by atoms with E-state index < -0.39 is 0 Å². The van der Waals surface area contributed by atoms with Gasteiger partial charge in [0.15, 0.2) is 0 Å². The zero-order valence-electron chi connectivity index (χ0n) is 11.0. The van der Waals surface area contributed by atoms with E-state index in [4.69, 9.17) is 4.74 Å². The average molecular weight is 233 g/mol. The van der Waals surface area contributed by atoms with Gasteiger partial charge in [-0.05, 0) is 31.4 Å². The number of piperidine rings is 1. The van der Waals surface area contributed by atoms with Crippen molar-refractivity contribution in [2.75, 3.05) is 20.2 Å². The molecule has 1 aromatic carbocycles. The van der Waals surface area contributed by atoms with Crippen molar-refractivity contribution < 1.29 is 4.74 Å². The van der Waals surface area contributed by atoms with Crippen LogP contribution in [0.25, 0.3) is 0 Å². The highest BCUT2D eigenvalue weighted by molar-refractivity contribution is 5.14. The van der Waals surface area contributed by atoms with Crippen molar-refractivity contribution in [3.63, 3.8) is 0 Å². The molecule has 0 amide bonds. The Morgan fingerprint density at radius 3 is 2.71 bits per heavy atom. The quantitative estimate of drug-likeness (QED) is 0.792. The standard InChI is InChI=1S/C15H23NO/c1-3-15(17-2)10-7-11-16(13-15)12-14-8-5-4-6-9-14/h4-6,8-9H,3,7,10-13H2,1-2H3. The van der Waals surface area contributed by atoms with Crippen LogP contribution in [0.2, 0.25) is 0 Å². The van der Waals surface area contributed by atoms with Gasteiger partial charge in [0, 0.05) is 20.2 Å². The number of nitrogens with zero attached hydrogens (tertiary/aromatic N) is 1. The van der Waals surface area contributed by atoms with Gasteiger partial charge < -0.3 is 4.74 Å². The number of hydrogen-bond acceptors (Lipinski definition) is 2. The van der Waals surface area contributed by atoms with Gasteiger partial charge >= 0.3 is 0 Å². The zero-order valence-corrected chi connectivity index (χ0v) is 11.0. The molecule has 1 aliphatic heterocycles. The summed E-state index contributed by atoms with van der Waals surface area (Å²) in [6.07, 6.45) is 3.55. The second-order valence-corrected chi connectivity index (χ2v) is 5.04. The van der Waals surface area contributed by atoms with Gasteiger partial charge in [0.25, 0.3) is 0 Å². The van der Waals surface area contributed by atoms with Crippen LogP contribution in [0.4, 0.5) is 0 Å². The summed E-state index contributed by atoms with van der Waals surface area (Å²) in [4.78, 5) is 2.52. The van der Waals surface area contributed by atoms with E-state index in [1.807, 2.05) is 7.11 Å². The fourth-order valence-electron chi connectivity index (χ4n) is 2.77. The molecule has 2 nitrogen and oxygen atoms in total. The maximum absolute atomic E-state index is 5.75. The van der Waals surface area contributed by atoms with Crippen molar-refractivity contribution in [1.82, 2.24) is 4.90 Å². The van der Waals surface area contributed by atoms with E-state index >= 15 is 0 Å². The number of likely N-dealkylation sites (tertiary alicyclic amines) is 1. The van der Waals surface area contributed by atoms with Crippen molar-refractivity contribution in [3.05, 3.63) is 35.9 Å². The molecule has 0 radical (unpaired) electrons. The monoisotopic (exact) mass is 233 g/mol. The highest BCUT2D eigenvalue weighted by atomic mass is 16.5.